The minimum Gasteiger partial charge on any atom is -0.343 e. The molecule has 1 aromatic carbocycles. The average Bonchev–Trinajstić information content (AvgIpc) is 2.80. The van der Waals surface area contributed by atoms with Gasteiger partial charge in [0.2, 0.25) is 6.39 Å². The number of hydrogen-bond donors (Lipinski definition) is 1. The van der Waals surface area contributed by atoms with Crippen LogP contribution >= 0.6 is 0 Å². The van der Waals surface area contributed by atoms with Gasteiger partial charge in [-0.2, -0.15) is 4.98 Å². The molecular weight excluding hydrogens is 209 g/mol. The van der Waals surface area contributed by atoms with Crippen LogP contribution in [-0.4, -0.2) is 10.1 Å². The highest BCUT2D eigenvalue weighted by atomic mass is 19.1. The fourth-order valence-electron chi connectivity index (χ4n) is 1.38. The number of rotatable bonds is 4. The predicted molar refractivity (Wildman–Crippen MR) is 56.0 cm³/mol. The second kappa shape index (κ2) is 4.85. The first-order valence-corrected chi connectivity index (χ1v) is 5.00. The highest BCUT2D eigenvalue weighted by molar-refractivity contribution is 5.19. The lowest BCUT2D eigenvalue weighted by atomic mass is 10.1. The van der Waals surface area contributed by atoms with Crippen molar-refractivity contribution >= 4 is 0 Å². The molecular formula is C11H12FN3O. The first-order valence-electron chi connectivity index (χ1n) is 5.00. The van der Waals surface area contributed by atoms with Gasteiger partial charge in [-0.25, -0.2) is 4.39 Å². The Bertz CT molecular complexity index is 427. The zero-order chi connectivity index (χ0) is 11.4. The molecule has 2 rings (SSSR count). The fraction of sp³-hybridized carbons (Fsp3) is 0.273. The van der Waals surface area contributed by atoms with Crippen LogP contribution in [0.25, 0.3) is 0 Å². The molecule has 16 heavy (non-hydrogen) atoms. The second-order valence-corrected chi connectivity index (χ2v) is 3.50. The molecule has 0 fully saturated rings. The summed E-state index contributed by atoms with van der Waals surface area (Å²) >= 11 is 0. The molecule has 1 heterocycles. The van der Waals surface area contributed by atoms with Crippen LogP contribution in [0.4, 0.5) is 4.39 Å². The molecule has 0 saturated heterocycles. The lowest BCUT2D eigenvalue weighted by molar-refractivity contribution is 0.405. The summed E-state index contributed by atoms with van der Waals surface area (Å²) < 4.78 is 17.3. The third-order valence-corrected chi connectivity index (χ3v) is 2.34. The quantitative estimate of drug-likeness (QED) is 0.858. The van der Waals surface area contributed by atoms with E-state index >= 15 is 0 Å². The smallest absolute Gasteiger partial charge is 0.213 e. The van der Waals surface area contributed by atoms with E-state index in [4.69, 9.17) is 0 Å². The van der Waals surface area contributed by atoms with Crippen molar-refractivity contribution < 1.29 is 8.91 Å². The summed E-state index contributed by atoms with van der Waals surface area (Å²) in [5, 5.41) is 6.90. The highest BCUT2D eigenvalue weighted by Crippen LogP contribution is 2.12. The fourth-order valence-corrected chi connectivity index (χ4v) is 1.38. The molecule has 4 nitrogen and oxygen atoms in total. The maximum atomic E-state index is 12.7. The van der Waals surface area contributed by atoms with Crippen LogP contribution in [-0.2, 0) is 6.54 Å². The number of benzene rings is 1. The zero-order valence-corrected chi connectivity index (χ0v) is 8.85. The zero-order valence-electron chi connectivity index (χ0n) is 8.85. The number of aromatic nitrogens is 2. The van der Waals surface area contributed by atoms with Crippen LogP contribution < -0.4 is 5.32 Å². The lowest BCUT2D eigenvalue weighted by Gasteiger charge is -2.12. The first kappa shape index (κ1) is 10.8. The van der Waals surface area contributed by atoms with Crippen molar-refractivity contribution in [1.29, 1.82) is 0 Å². The Kier molecular flexibility index (Phi) is 3.26. The molecule has 0 saturated carbocycles. The van der Waals surface area contributed by atoms with E-state index in [1.54, 1.807) is 12.1 Å². The van der Waals surface area contributed by atoms with E-state index in [0.717, 1.165) is 5.56 Å². The molecule has 1 atom stereocenters. The van der Waals surface area contributed by atoms with Crippen molar-refractivity contribution in [3.8, 4) is 0 Å². The van der Waals surface area contributed by atoms with Crippen molar-refractivity contribution in [2.75, 3.05) is 0 Å². The normalized spacial score (nSPS) is 12.6. The molecule has 0 aliphatic rings. The number of hydrogen-bond acceptors (Lipinski definition) is 4. The molecule has 5 heteroatoms. The van der Waals surface area contributed by atoms with Gasteiger partial charge in [0.25, 0.3) is 0 Å². The van der Waals surface area contributed by atoms with Crippen molar-refractivity contribution in [2.45, 2.75) is 19.5 Å². The van der Waals surface area contributed by atoms with Crippen LogP contribution in [0.2, 0.25) is 0 Å². The summed E-state index contributed by atoms with van der Waals surface area (Å²) in [5.41, 5.74) is 1.02. The molecule has 2 aromatic rings. The largest absolute Gasteiger partial charge is 0.343 e. The lowest BCUT2D eigenvalue weighted by Crippen LogP contribution is -2.18. The van der Waals surface area contributed by atoms with Crippen molar-refractivity contribution in [1.82, 2.24) is 15.5 Å². The van der Waals surface area contributed by atoms with Gasteiger partial charge in [-0.15, -0.1) is 0 Å². The van der Waals surface area contributed by atoms with Crippen molar-refractivity contribution in [3.63, 3.8) is 0 Å². The van der Waals surface area contributed by atoms with Crippen LogP contribution in [0.3, 0.4) is 0 Å². The Morgan fingerprint density at radius 3 is 2.75 bits per heavy atom. The molecule has 0 spiro atoms. The average molecular weight is 221 g/mol. The minimum atomic E-state index is -0.228. The van der Waals surface area contributed by atoms with Gasteiger partial charge in [0.15, 0.2) is 5.82 Å². The molecule has 0 aliphatic carbocycles. The van der Waals surface area contributed by atoms with Gasteiger partial charge >= 0.3 is 0 Å². The highest BCUT2D eigenvalue weighted by Gasteiger charge is 2.06. The standard InChI is InChI=1S/C11H12FN3O/c1-8(9-2-4-10(12)5-3-9)13-6-11-14-7-16-15-11/h2-5,7-8,13H,6H2,1H3. The third-order valence-electron chi connectivity index (χ3n) is 2.34. The van der Waals surface area contributed by atoms with Gasteiger partial charge in [-0.05, 0) is 24.6 Å². The van der Waals surface area contributed by atoms with Gasteiger partial charge in [0.1, 0.15) is 5.82 Å². The Labute approximate surface area is 92.5 Å². The molecule has 0 bridgehead atoms. The van der Waals surface area contributed by atoms with Gasteiger partial charge in [-0.1, -0.05) is 17.3 Å². The summed E-state index contributed by atoms with van der Waals surface area (Å²) in [4.78, 5) is 3.90. The number of nitrogens with zero attached hydrogens (tertiary/aromatic N) is 2. The number of halogens is 1. The second-order valence-electron chi connectivity index (χ2n) is 3.50. The van der Waals surface area contributed by atoms with E-state index in [2.05, 4.69) is 20.0 Å². The van der Waals surface area contributed by atoms with Crippen LogP contribution in [0.5, 0.6) is 0 Å². The van der Waals surface area contributed by atoms with Gasteiger partial charge < -0.3 is 9.84 Å². The van der Waals surface area contributed by atoms with Gasteiger partial charge in [0, 0.05) is 6.04 Å². The molecule has 0 amide bonds. The minimum absolute atomic E-state index is 0.110. The van der Waals surface area contributed by atoms with E-state index < -0.39 is 0 Å². The predicted octanol–water partition coefficient (Wildman–Crippen LogP) is 2.06. The van der Waals surface area contributed by atoms with E-state index in [1.165, 1.54) is 18.5 Å². The van der Waals surface area contributed by atoms with Crippen molar-refractivity contribution in [3.05, 3.63) is 47.9 Å². The van der Waals surface area contributed by atoms with E-state index in [-0.39, 0.29) is 11.9 Å². The SMILES string of the molecule is CC(NCc1ncon1)c1ccc(F)cc1. The maximum Gasteiger partial charge on any atom is 0.213 e. The molecule has 1 N–H and O–H groups in total. The molecule has 0 radical (unpaired) electrons. The summed E-state index contributed by atoms with van der Waals surface area (Å²) in [6, 6.07) is 6.51. The monoisotopic (exact) mass is 221 g/mol. The summed E-state index contributed by atoms with van der Waals surface area (Å²) in [7, 11) is 0. The van der Waals surface area contributed by atoms with E-state index in [9.17, 15) is 4.39 Å². The number of nitrogens with one attached hydrogen (secondary N) is 1. The summed E-state index contributed by atoms with van der Waals surface area (Å²) in [6.45, 7) is 2.52. The molecule has 0 aliphatic heterocycles. The molecule has 84 valence electrons. The molecule has 1 unspecified atom stereocenters. The molecule has 1 aromatic heterocycles. The third kappa shape index (κ3) is 2.64. The van der Waals surface area contributed by atoms with E-state index in [0.29, 0.717) is 12.4 Å². The van der Waals surface area contributed by atoms with Gasteiger partial charge in [0.05, 0.1) is 6.54 Å². The Morgan fingerprint density at radius 2 is 2.12 bits per heavy atom. The van der Waals surface area contributed by atoms with Gasteiger partial charge in [-0.3, -0.25) is 0 Å². The summed E-state index contributed by atoms with van der Waals surface area (Å²) in [6.07, 6.45) is 1.29. The van der Waals surface area contributed by atoms with E-state index in [1.807, 2.05) is 6.92 Å². The Morgan fingerprint density at radius 1 is 1.38 bits per heavy atom. The van der Waals surface area contributed by atoms with Crippen molar-refractivity contribution in [2.24, 2.45) is 0 Å². The Hall–Kier alpha value is -1.75. The Balaban J connectivity index is 1.93. The first-order chi connectivity index (χ1) is 7.75. The topological polar surface area (TPSA) is 51.0 Å². The maximum absolute atomic E-state index is 12.7. The van der Waals surface area contributed by atoms with Crippen LogP contribution in [0.15, 0.2) is 35.2 Å². The van der Waals surface area contributed by atoms with Crippen LogP contribution in [0, 0.1) is 5.82 Å². The summed E-state index contributed by atoms with van der Waals surface area (Å²) in [5.74, 6) is 0.378. The van der Waals surface area contributed by atoms with Crippen LogP contribution in [0.1, 0.15) is 24.4 Å².